The van der Waals surface area contributed by atoms with Gasteiger partial charge in [-0.2, -0.15) is 0 Å². The molecule has 5 heteroatoms. The molecule has 4 nitrogen and oxygen atoms in total. The highest BCUT2D eigenvalue weighted by molar-refractivity contribution is 6.74. The molecule has 2 aliphatic rings. The van der Waals surface area contributed by atoms with Gasteiger partial charge in [0.05, 0.1) is 5.60 Å². The Kier molecular flexibility index (Phi) is 6.49. The highest BCUT2D eigenvalue weighted by atomic mass is 28.4. The number of nitrogens with zero attached hydrogens (tertiary/aromatic N) is 1. The molecule has 0 aromatic heterocycles. The van der Waals surface area contributed by atoms with E-state index in [-0.39, 0.29) is 10.9 Å². The van der Waals surface area contributed by atoms with Crippen molar-refractivity contribution < 1.29 is 14.3 Å². The van der Waals surface area contributed by atoms with Crippen molar-refractivity contribution in [3.63, 3.8) is 0 Å². The molecule has 1 amide bonds. The number of fused-ring (bicyclic) bond motifs is 1. The number of carbonyl (C=O) groups is 1. The second-order valence-corrected chi connectivity index (χ2v) is 16.3. The summed E-state index contributed by atoms with van der Waals surface area (Å²) in [5.41, 5.74) is 0.969. The van der Waals surface area contributed by atoms with E-state index in [1.54, 1.807) is 0 Å². The maximum absolute atomic E-state index is 12.9. The molecule has 33 heavy (non-hydrogen) atoms. The largest absolute Gasteiger partial charge is 0.544 e. The monoisotopic (exact) mass is 465 g/mol. The molecule has 1 heterocycles. The number of hydrogen-bond acceptors (Lipinski definition) is 3. The molecule has 3 atom stereocenters. The van der Waals surface area contributed by atoms with E-state index in [0.29, 0.717) is 11.8 Å². The van der Waals surface area contributed by atoms with Crippen molar-refractivity contribution in [2.24, 2.45) is 11.8 Å². The molecular weight excluding hydrogens is 426 g/mol. The molecule has 2 fully saturated rings. The molecule has 0 spiro atoms. The Bertz CT molecular complexity index is 967. The quantitative estimate of drug-likeness (QED) is 0.545. The highest BCUT2D eigenvalue weighted by Gasteiger charge is 2.44. The fourth-order valence-corrected chi connectivity index (χ4v) is 6.16. The molecule has 2 aromatic rings. The van der Waals surface area contributed by atoms with E-state index in [0.717, 1.165) is 55.6 Å². The Morgan fingerprint density at radius 3 is 2.33 bits per heavy atom. The fourth-order valence-electron chi connectivity index (χ4n) is 5.13. The lowest BCUT2D eigenvalue weighted by atomic mass is 9.66. The van der Waals surface area contributed by atoms with E-state index in [1.165, 1.54) is 0 Å². The zero-order valence-corrected chi connectivity index (χ0v) is 21.8. The fraction of sp³-hybridized carbons (Fsp3) is 0.536. The Labute approximate surface area is 200 Å². The number of rotatable bonds is 4. The van der Waals surface area contributed by atoms with Crippen molar-refractivity contribution in [1.29, 1.82) is 0 Å². The Hall–Kier alpha value is -2.11. The van der Waals surface area contributed by atoms with Crippen LogP contribution >= 0.6 is 0 Å². The van der Waals surface area contributed by atoms with E-state index >= 15 is 0 Å². The molecule has 178 valence electrons. The molecule has 1 N–H and O–H groups in total. The lowest BCUT2D eigenvalue weighted by Gasteiger charge is -2.47. The number of amides is 1. The standard InChI is InChI=1S/C28H39NO3Si/c1-27(2,3)33(4,5)32-25-13-11-24(12-14-25)28(31)17-15-23-20-29(18-16-22(23)19-28)26(30)21-9-7-6-8-10-21/h6-14,22-23,31H,15-20H2,1-5H3/t22-,23+,28?/m1/s1. The number of likely N-dealkylation sites (tertiary alicyclic amines) is 1. The first kappa shape index (κ1) is 24.0. The summed E-state index contributed by atoms with van der Waals surface area (Å²) < 4.78 is 6.42. The van der Waals surface area contributed by atoms with Gasteiger partial charge in [0, 0.05) is 18.7 Å². The van der Waals surface area contributed by atoms with Crippen LogP contribution < -0.4 is 4.43 Å². The van der Waals surface area contributed by atoms with Crippen molar-refractivity contribution in [3.8, 4) is 5.75 Å². The summed E-state index contributed by atoms with van der Waals surface area (Å²) in [6, 6.07) is 17.7. The lowest BCUT2D eigenvalue weighted by Crippen LogP contribution is -2.48. The zero-order valence-electron chi connectivity index (χ0n) is 20.8. The summed E-state index contributed by atoms with van der Waals surface area (Å²) >= 11 is 0. The molecule has 1 saturated carbocycles. The van der Waals surface area contributed by atoms with Crippen LogP contribution in [-0.4, -0.2) is 37.3 Å². The number of benzene rings is 2. The van der Waals surface area contributed by atoms with Crippen LogP contribution in [0.1, 0.15) is 62.4 Å². The Morgan fingerprint density at radius 2 is 1.70 bits per heavy atom. The summed E-state index contributed by atoms with van der Waals surface area (Å²) in [5.74, 6) is 1.95. The molecule has 1 saturated heterocycles. The van der Waals surface area contributed by atoms with Gasteiger partial charge in [-0.15, -0.1) is 0 Å². The summed E-state index contributed by atoms with van der Waals surface area (Å²) in [6.45, 7) is 12.8. The van der Waals surface area contributed by atoms with Gasteiger partial charge in [0.25, 0.3) is 5.91 Å². The van der Waals surface area contributed by atoms with Crippen molar-refractivity contribution in [2.45, 2.75) is 70.2 Å². The predicted molar refractivity (Wildman–Crippen MR) is 136 cm³/mol. The van der Waals surface area contributed by atoms with Gasteiger partial charge in [-0.3, -0.25) is 4.79 Å². The van der Waals surface area contributed by atoms with Crippen molar-refractivity contribution >= 4 is 14.2 Å². The topological polar surface area (TPSA) is 49.8 Å². The van der Waals surface area contributed by atoms with Crippen LogP contribution in [0.4, 0.5) is 0 Å². The van der Waals surface area contributed by atoms with E-state index in [2.05, 4.69) is 46.0 Å². The van der Waals surface area contributed by atoms with Gasteiger partial charge < -0.3 is 14.4 Å². The maximum atomic E-state index is 12.9. The summed E-state index contributed by atoms with van der Waals surface area (Å²) in [5, 5.41) is 11.7. The van der Waals surface area contributed by atoms with Gasteiger partial charge in [-0.05, 0) is 85.5 Å². The summed E-state index contributed by atoms with van der Waals surface area (Å²) in [7, 11) is -1.88. The average molecular weight is 466 g/mol. The van der Waals surface area contributed by atoms with Gasteiger partial charge in [-0.1, -0.05) is 51.1 Å². The van der Waals surface area contributed by atoms with Crippen LogP contribution in [0, 0.1) is 11.8 Å². The van der Waals surface area contributed by atoms with Gasteiger partial charge in [0.15, 0.2) is 0 Å². The van der Waals surface area contributed by atoms with Gasteiger partial charge in [0.2, 0.25) is 8.32 Å². The molecule has 1 aliphatic heterocycles. The normalized spacial score (nSPS) is 25.9. The maximum Gasteiger partial charge on any atom is 0.253 e. The smallest absolute Gasteiger partial charge is 0.253 e. The zero-order chi connectivity index (χ0) is 23.9. The molecule has 0 radical (unpaired) electrons. The molecule has 1 unspecified atom stereocenters. The number of carbonyl (C=O) groups excluding carboxylic acids is 1. The molecule has 4 rings (SSSR count). The second-order valence-electron chi connectivity index (χ2n) is 11.6. The summed E-state index contributed by atoms with van der Waals surface area (Å²) in [6.07, 6.45) is 3.41. The lowest BCUT2D eigenvalue weighted by molar-refractivity contribution is -0.0575. The van der Waals surface area contributed by atoms with Crippen molar-refractivity contribution in [1.82, 2.24) is 4.90 Å². The Balaban J connectivity index is 1.40. The van der Waals surface area contributed by atoms with Crippen molar-refractivity contribution in [3.05, 3.63) is 65.7 Å². The minimum Gasteiger partial charge on any atom is -0.544 e. The van der Waals surface area contributed by atoms with E-state index in [9.17, 15) is 9.90 Å². The Morgan fingerprint density at radius 1 is 1.03 bits per heavy atom. The average Bonchev–Trinajstić information content (AvgIpc) is 2.78. The van der Waals surface area contributed by atoms with Gasteiger partial charge >= 0.3 is 0 Å². The van der Waals surface area contributed by atoms with Gasteiger partial charge in [0.1, 0.15) is 5.75 Å². The first-order valence-corrected chi connectivity index (χ1v) is 15.3. The first-order valence-electron chi connectivity index (χ1n) is 12.3. The third kappa shape index (κ3) is 5.04. The van der Waals surface area contributed by atoms with E-state index in [1.807, 2.05) is 47.4 Å². The van der Waals surface area contributed by atoms with Crippen LogP contribution in [0.25, 0.3) is 0 Å². The minimum atomic E-state index is -1.88. The van der Waals surface area contributed by atoms with Gasteiger partial charge in [-0.25, -0.2) is 0 Å². The minimum absolute atomic E-state index is 0.132. The third-order valence-electron chi connectivity index (χ3n) is 8.30. The number of aliphatic hydroxyl groups is 1. The number of hydrogen-bond donors (Lipinski definition) is 1. The highest BCUT2D eigenvalue weighted by Crippen LogP contribution is 2.46. The van der Waals surface area contributed by atoms with Crippen LogP contribution in [-0.2, 0) is 5.60 Å². The molecule has 1 aliphatic carbocycles. The van der Waals surface area contributed by atoms with E-state index in [4.69, 9.17) is 4.43 Å². The number of piperidine rings is 1. The third-order valence-corrected chi connectivity index (χ3v) is 12.7. The molecule has 2 aromatic carbocycles. The van der Waals surface area contributed by atoms with Crippen LogP contribution in [0.15, 0.2) is 54.6 Å². The first-order chi connectivity index (χ1) is 15.5. The molecular formula is C28H39NO3Si. The van der Waals surface area contributed by atoms with Crippen LogP contribution in [0.5, 0.6) is 5.75 Å². The molecule has 0 bridgehead atoms. The van der Waals surface area contributed by atoms with Crippen LogP contribution in [0.2, 0.25) is 18.1 Å². The second kappa shape index (κ2) is 8.92. The van der Waals surface area contributed by atoms with Crippen LogP contribution in [0.3, 0.4) is 0 Å². The SMILES string of the molecule is CC(C)(C)[Si](C)(C)Oc1ccc(C2(O)CC[C@H]3CN(C(=O)c4ccccc4)CC[C@@H]3C2)cc1. The summed E-state index contributed by atoms with van der Waals surface area (Å²) in [4.78, 5) is 14.9. The van der Waals surface area contributed by atoms with E-state index < -0.39 is 13.9 Å². The van der Waals surface area contributed by atoms with Crippen molar-refractivity contribution in [2.75, 3.05) is 13.1 Å². The predicted octanol–water partition coefficient (Wildman–Crippen LogP) is 6.22.